The highest BCUT2D eigenvalue weighted by Gasteiger charge is 2.10. The number of amides is 2. The zero-order chi connectivity index (χ0) is 16.2. The molecule has 2 heterocycles. The Morgan fingerprint density at radius 1 is 1.30 bits per heavy atom. The lowest BCUT2D eigenvalue weighted by Gasteiger charge is -2.15. The van der Waals surface area contributed by atoms with E-state index in [0.29, 0.717) is 12.2 Å². The maximum atomic E-state index is 12.2. The Hall–Kier alpha value is -2.96. The molecule has 0 bridgehead atoms. The van der Waals surface area contributed by atoms with E-state index in [1.165, 1.54) is 6.33 Å². The number of para-hydroxylation sites is 1. The summed E-state index contributed by atoms with van der Waals surface area (Å²) in [6.07, 6.45) is 3.09. The Morgan fingerprint density at radius 2 is 2.17 bits per heavy atom. The summed E-state index contributed by atoms with van der Waals surface area (Å²) in [6.45, 7) is 4.39. The van der Waals surface area contributed by atoms with Crippen LogP contribution in [-0.4, -0.2) is 31.8 Å². The Labute approximate surface area is 133 Å². The molecule has 3 rings (SSSR count). The predicted octanol–water partition coefficient (Wildman–Crippen LogP) is 2.34. The zero-order valence-electron chi connectivity index (χ0n) is 13.0. The van der Waals surface area contributed by atoms with Crippen molar-refractivity contribution in [2.45, 2.75) is 26.4 Å². The van der Waals surface area contributed by atoms with Gasteiger partial charge in [0.25, 0.3) is 0 Å². The molecule has 0 radical (unpaired) electrons. The molecule has 2 aromatic heterocycles. The van der Waals surface area contributed by atoms with Gasteiger partial charge < -0.3 is 10.6 Å². The second kappa shape index (κ2) is 6.43. The maximum absolute atomic E-state index is 12.2. The summed E-state index contributed by atoms with van der Waals surface area (Å²) in [4.78, 5) is 20.6. The number of nitrogens with zero attached hydrogens (tertiary/aromatic N) is 4. The third-order valence-corrected chi connectivity index (χ3v) is 3.41. The monoisotopic (exact) mass is 310 g/mol. The Morgan fingerprint density at radius 3 is 2.96 bits per heavy atom. The van der Waals surface area contributed by atoms with Gasteiger partial charge in [0, 0.05) is 17.1 Å². The number of aryl methyl sites for hydroxylation is 1. The number of fused-ring (bicyclic) bond motifs is 1. The first kappa shape index (κ1) is 15.0. The van der Waals surface area contributed by atoms with E-state index in [2.05, 4.69) is 25.7 Å². The molecule has 0 spiro atoms. The van der Waals surface area contributed by atoms with Gasteiger partial charge in [0.1, 0.15) is 12.7 Å². The van der Waals surface area contributed by atoms with E-state index in [9.17, 15) is 4.79 Å². The Bertz CT molecular complexity index is 815. The molecule has 1 aromatic carbocycles. The normalized spacial score (nSPS) is 12.1. The maximum Gasteiger partial charge on any atom is 0.319 e. The summed E-state index contributed by atoms with van der Waals surface area (Å²) < 4.78 is 1.67. The number of benzene rings is 1. The van der Waals surface area contributed by atoms with Gasteiger partial charge in [0.2, 0.25) is 0 Å². The Balaban J connectivity index is 1.69. The summed E-state index contributed by atoms with van der Waals surface area (Å²) >= 11 is 0. The highest BCUT2D eigenvalue weighted by molar-refractivity contribution is 5.99. The third kappa shape index (κ3) is 3.63. The molecule has 23 heavy (non-hydrogen) atoms. The second-order valence-electron chi connectivity index (χ2n) is 5.45. The van der Waals surface area contributed by atoms with E-state index in [4.69, 9.17) is 0 Å². The molecule has 2 amide bonds. The molecule has 0 aliphatic rings. The van der Waals surface area contributed by atoms with Gasteiger partial charge in [0.15, 0.2) is 0 Å². The van der Waals surface area contributed by atoms with Gasteiger partial charge in [0.05, 0.1) is 17.7 Å². The molecular weight excluding hydrogens is 292 g/mol. The number of nitrogens with one attached hydrogen (secondary N) is 2. The van der Waals surface area contributed by atoms with Crippen LogP contribution in [0.5, 0.6) is 0 Å². The molecule has 2 N–H and O–H groups in total. The van der Waals surface area contributed by atoms with E-state index in [0.717, 1.165) is 16.6 Å². The van der Waals surface area contributed by atoms with Crippen molar-refractivity contribution in [3.05, 3.63) is 48.7 Å². The van der Waals surface area contributed by atoms with Crippen LogP contribution in [0.1, 0.15) is 12.6 Å². The van der Waals surface area contributed by atoms with E-state index in [-0.39, 0.29) is 12.1 Å². The number of carbonyl (C=O) groups is 1. The van der Waals surface area contributed by atoms with E-state index in [1.807, 2.05) is 44.2 Å². The standard InChI is InChI=1S/C16H18N6O/c1-11-6-7-13-4-3-5-14(15(13)19-11)21-16(23)20-12(2)8-22-10-17-9-18-22/h3-7,9-10,12H,8H2,1-2H3,(H2,20,21,23)/t12-/m1/s1. The van der Waals surface area contributed by atoms with Gasteiger partial charge in [-0.05, 0) is 26.0 Å². The fourth-order valence-electron chi connectivity index (χ4n) is 2.38. The van der Waals surface area contributed by atoms with Gasteiger partial charge in [-0.25, -0.2) is 9.78 Å². The highest BCUT2D eigenvalue weighted by Crippen LogP contribution is 2.21. The average molecular weight is 310 g/mol. The fraction of sp³-hybridized carbons (Fsp3) is 0.250. The molecule has 118 valence electrons. The second-order valence-corrected chi connectivity index (χ2v) is 5.45. The van der Waals surface area contributed by atoms with Crippen molar-refractivity contribution in [1.29, 1.82) is 0 Å². The minimum absolute atomic E-state index is 0.0821. The smallest absolute Gasteiger partial charge is 0.319 e. The summed E-state index contributed by atoms with van der Waals surface area (Å²) in [5.74, 6) is 0. The topological polar surface area (TPSA) is 84.7 Å². The van der Waals surface area contributed by atoms with Crippen molar-refractivity contribution >= 4 is 22.6 Å². The molecule has 0 aliphatic carbocycles. The quantitative estimate of drug-likeness (QED) is 0.774. The number of aromatic nitrogens is 4. The van der Waals surface area contributed by atoms with Gasteiger partial charge in [-0.2, -0.15) is 5.10 Å². The van der Waals surface area contributed by atoms with Crippen molar-refractivity contribution in [3.63, 3.8) is 0 Å². The van der Waals surface area contributed by atoms with Crippen LogP contribution in [0.3, 0.4) is 0 Å². The first-order chi connectivity index (χ1) is 11.1. The van der Waals surface area contributed by atoms with Crippen LogP contribution in [-0.2, 0) is 6.54 Å². The van der Waals surface area contributed by atoms with Crippen LogP contribution in [0.2, 0.25) is 0 Å². The van der Waals surface area contributed by atoms with E-state index < -0.39 is 0 Å². The van der Waals surface area contributed by atoms with Crippen molar-refractivity contribution in [2.75, 3.05) is 5.32 Å². The van der Waals surface area contributed by atoms with Crippen LogP contribution in [0.15, 0.2) is 43.0 Å². The highest BCUT2D eigenvalue weighted by atomic mass is 16.2. The van der Waals surface area contributed by atoms with Gasteiger partial charge in [-0.1, -0.05) is 18.2 Å². The minimum atomic E-state index is -0.270. The lowest BCUT2D eigenvalue weighted by atomic mass is 10.2. The van der Waals surface area contributed by atoms with E-state index >= 15 is 0 Å². The van der Waals surface area contributed by atoms with Crippen LogP contribution in [0, 0.1) is 6.92 Å². The SMILES string of the molecule is Cc1ccc2cccc(NC(=O)N[C@H](C)Cn3cncn3)c2n1. The molecule has 0 fully saturated rings. The van der Waals surface area contributed by atoms with Crippen molar-refractivity contribution in [3.8, 4) is 0 Å². The Kier molecular flexibility index (Phi) is 4.18. The molecule has 0 unspecified atom stereocenters. The van der Waals surface area contributed by atoms with Crippen LogP contribution in [0.4, 0.5) is 10.5 Å². The number of carbonyl (C=O) groups excluding carboxylic acids is 1. The summed E-state index contributed by atoms with van der Waals surface area (Å²) in [6, 6.07) is 9.30. The molecule has 0 saturated carbocycles. The number of urea groups is 1. The number of hydrogen-bond donors (Lipinski definition) is 2. The first-order valence-electron chi connectivity index (χ1n) is 7.38. The molecule has 3 aromatic rings. The summed E-state index contributed by atoms with van der Waals surface area (Å²) in [5, 5.41) is 10.8. The summed E-state index contributed by atoms with van der Waals surface area (Å²) in [5.41, 5.74) is 2.38. The minimum Gasteiger partial charge on any atom is -0.334 e. The molecule has 7 nitrogen and oxygen atoms in total. The van der Waals surface area contributed by atoms with Gasteiger partial charge in [-0.15, -0.1) is 0 Å². The largest absolute Gasteiger partial charge is 0.334 e. The number of anilines is 1. The lowest BCUT2D eigenvalue weighted by molar-refractivity contribution is 0.247. The average Bonchev–Trinajstić information content (AvgIpc) is 3.00. The van der Waals surface area contributed by atoms with Crippen molar-refractivity contribution < 1.29 is 4.79 Å². The summed E-state index contributed by atoms with van der Waals surface area (Å²) in [7, 11) is 0. The third-order valence-electron chi connectivity index (χ3n) is 3.41. The first-order valence-corrected chi connectivity index (χ1v) is 7.38. The van der Waals surface area contributed by atoms with Crippen LogP contribution < -0.4 is 10.6 Å². The van der Waals surface area contributed by atoms with Crippen molar-refractivity contribution in [2.24, 2.45) is 0 Å². The van der Waals surface area contributed by atoms with Crippen LogP contribution in [0.25, 0.3) is 10.9 Å². The van der Waals surface area contributed by atoms with Crippen molar-refractivity contribution in [1.82, 2.24) is 25.1 Å². The molecule has 0 aliphatic heterocycles. The number of rotatable bonds is 4. The molecule has 0 saturated heterocycles. The molecule has 1 atom stereocenters. The number of hydrogen-bond acceptors (Lipinski definition) is 4. The predicted molar refractivity (Wildman–Crippen MR) is 88.1 cm³/mol. The van der Waals surface area contributed by atoms with Gasteiger partial charge in [-0.3, -0.25) is 9.67 Å². The van der Waals surface area contributed by atoms with Gasteiger partial charge >= 0.3 is 6.03 Å². The number of pyridine rings is 1. The van der Waals surface area contributed by atoms with Crippen LogP contribution >= 0.6 is 0 Å². The zero-order valence-corrected chi connectivity index (χ0v) is 13.0. The van der Waals surface area contributed by atoms with E-state index in [1.54, 1.807) is 11.0 Å². The molecular formula is C16H18N6O. The fourth-order valence-corrected chi connectivity index (χ4v) is 2.38. The lowest BCUT2D eigenvalue weighted by Crippen LogP contribution is -2.38. The molecule has 7 heteroatoms.